The van der Waals surface area contributed by atoms with Crippen LogP contribution in [0.1, 0.15) is 21.8 Å². The van der Waals surface area contributed by atoms with Gasteiger partial charge in [0.2, 0.25) is 11.7 Å². The Morgan fingerprint density at radius 3 is 2.50 bits per heavy atom. The smallest absolute Gasteiger partial charge is 0.269 e. The van der Waals surface area contributed by atoms with E-state index in [-0.39, 0.29) is 11.6 Å². The zero-order valence-electron chi connectivity index (χ0n) is 14.0. The Morgan fingerprint density at radius 2 is 1.85 bits per heavy atom. The van der Waals surface area contributed by atoms with Crippen LogP contribution in [0.4, 0.5) is 5.69 Å². The van der Waals surface area contributed by atoms with E-state index in [1.54, 1.807) is 0 Å². The van der Waals surface area contributed by atoms with Gasteiger partial charge in [-0.05, 0) is 19.1 Å². The van der Waals surface area contributed by atoms with Gasteiger partial charge in [0.1, 0.15) is 0 Å². The first-order chi connectivity index (χ1) is 12.5. The minimum absolute atomic E-state index is 0.0592. The molecule has 0 saturated heterocycles. The maximum atomic E-state index is 12.0. The third-order valence-corrected chi connectivity index (χ3v) is 3.74. The molecule has 3 rings (SSSR count). The van der Waals surface area contributed by atoms with Crippen molar-refractivity contribution in [2.24, 2.45) is 0 Å². The van der Waals surface area contributed by atoms with Crippen LogP contribution < -0.4 is 5.32 Å². The lowest BCUT2D eigenvalue weighted by molar-refractivity contribution is -0.384. The molecule has 26 heavy (non-hydrogen) atoms. The molecular formula is C18H16N4O4. The normalized spacial score (nSPS) is 10.5. The molecule has 3 aromatic rings. The average molecular weight is 352 g/mol. The molecule has 0 aliphatic rings. The number of benzene rings is 2. The molecule has 0 unspecified atom stereocenters. The topological polar surface area (TPSA) is 111 Å². The van der Waals surface area contributed by atoms with E-state index in [4.69, 9.17) is 4.52 Å². The molecule has 1 heterocycles. The number of nitrogens with zero attached hydrogens (tertiary/aromatic N) is 3. The number of nitro groups is 1. The second-order valence-corrected chi connectivity index (χ2v) is 5.69. The number of amides is 1. The summed E-state index contributed by atoms with van der Waals surface area (Å²) >= 11 is 0. The fraction of sp³-hybridized carbons (Fsp3) is 0.167. The monoisotopic (exact) mass is 352 g/mol. The second-order valence-electron chi connectivity index (χ2n) is 5.69. The Bertz CT molecular complexity index is 917. The van der Waals surface area contributed by atoms with Crippen LogP contribution in [0.2, 0.25) is 0 Å². The summed E-state index contributed by atoms with van der Waals surface area (Å²) in [6, 6.07) is 13.2. The first-order valence-corrected chi connectivity index (χ1v) is 7.95. The van der Waals surface area contributed by atoms with Crippen molar-refractivity contribution in [1.82, 2.24) is 15.5 Å². The summed E-state index contributed by atoms with van der Waals surface area (Å²) in [6.07, 6.45) is 0.386. The van der Waals surface area contributed by atoms with Crippen molar-refractivity contribution in [3.63, 3.8) is 0 Å². The maximum Gasteiger partial charge on any atom is 0.269 e. The first-order valence-electron chi connectivity index (χ1n) is 7.95. The van der Waals surface area contributed by atoms with Crippen molar-refractivity contribution in [2.45, 2.75) is 13.3 Å². The number of carbonyl (C=O) groups excluding carboxylic acids is 1. The van der Waals surface area contributed by atoms with Gasteiger partial charge in [0.25, 0.3) is 11.6 Å². The van der Waals surface area contributed by atoms with Crippen molar-refractivity contribution in [1.29, 1.82) is 0 Å². The summed E-state index contributed by atoms with van der Waals surface area (Å²) in [5.74, 6) is 0.601. The SMILES string of the molecule is Cc1ccc(-c2noc(CCNC(=O)c3ccc([N+](=O)[O-])cc3)n2)cc1. The molecule has 0 spiro atoms. The number of aryl methyl sites for hydroxylation is 1. The van der Waals surface area contributed by atoms with Gasteiger partial charge in [0.05, 0.1) is 4.92 Å². The Balaban J connectivity index is 1.54. The molecule has 0 radical (unpaired) electrons. The highest BCUT2D eigenvalue weighted by Crippen LogP contribution is 2.16. The Morgan fingerprint density at radius 1 is 1.15 bits per heavy atom. The van der Waals surface area contributed by atoms with Gasteiger partial charge in [-0.3, -0.25) is 14.9 Å². The van der Waals surface area contributed by atoms with E-state index in [1.807, 2.05) is 31.2 Å². The maximum absolute atomic E-state index is 12.0. The van der Waals surface area contributed by atoms with Crippen LogP contribution in [-0.2, 0) is 6.42 Å². The standard InChI is InChI=1S/C18H16N4O4/c1-12-2-4-13(5-3-12)17-20-16(26-21-17)10-11-19-18(23)14-6-8-15(9-7-14)22(24)25/h2-9H,10-11H2,1H3,(H,19,23). The van der Waals surface area contributed by atoms with Crippen LogP contribution in [0, 0.1) is 17.0 Å². The molecule has 1 amide bonds. The van der Waals surface area contributed by atoms with Gasteiger partial charge in [-0.25, -0.2) is 0 Å². The van der Waals surface area contributed by atoms with E-state index in [1.165, 1.54) is 24.3 Å². The molecule has 8 nitrogen and oxygen atoms in total. The summed E-state index contributed by atoms with van der Waals surface area (Å²) < 4.78 is 5.19. The minimum Gasteiger partial charge on any atom is -0.352 e. The fourth-order valence-corrected chi connectivity index (χ4v) is 2.30. The lowest BCUT2D eigenvalue weighted by Crippen LogP contribution is -2.25. The van der Waals surface area contributed by atoms with E-state index < -0.39 is 4.92 Å². The molecule has 1 aromatic heterocycles. The van der Waals surface area contributed by atoms with Crippen LogP contribution in [-0.4, -0.2) is 27.5 Å². The van der Waals surface area contributed by atoms with Crippen molar-refractivity contribution in [3.05, 3.63) is 75.7 Å². The molecule has 2 aromatic carbocycles. The molecule has 0 atom stereocenters. The number of hydrogen-bond donors (Lipinski definition) is 1. The van der Waals surface area contributed by atoms with E-state index in [0.717, 1.165) is 11.1 Å². The van der Waals surface area contributed by atoms with E-state index >= 15 is 0 Å². The highest BCUT2D eigenvalue weighted by molar-refractivity contribution is 5.94. The van der Waals surface area contributed by atoms with Gasteiger partial charge in [-0.15, -0.1) is 0 Å². The van der Waals surface area contributed by atoms with Gasteiger partial charge >= 0.3 is 0 Å². The van der Waals surface area contributed by atoms with E-state index in [2.05, 4.69) is 15.5 Å². The van der Waals surface area contributed by atoms with Gasteiger partial charge in [-0.1, -0.05) is 35.0 Å². The second kappa shape index (κ2) is 7.56. The summed E-state index contributed by atoms with van der Waals surface area (Å²) in [4.78, 5) is 26.4. The van der Waals surface area contributed by atoms with Gasteiger partial charge in [0.15, 0.2) is 0 Å². The zero-order valence-corrected chi connectivity index (χ0v) is 14.0. The fourth-order valence-electron chi connectivity index (χ4n) is 2.30. The van der Waals surface area contributed by atoms with Crippen LogP contribution in [0.25, 0.3) is 11.4 Å². The summed E-state index contributed by atoms with van der Waals surface area (Å²) in [5, 5.41) is 17.3. The largest absolute Gasteiger partial charge is 0.352 e. The predicted octanol–water partition coefficient (Wildman–Crippen LogP) is 2.93. The van der Waals surface area contributed by atoms with Crippen LogP contribution >= 0.6 is 0 Å². The lowest BCUT2D eigenvalue weighted by Gasteiger charge is -2.03. The molecule has 1 N–H and O–H groups in total. The van der Waals surface area contributed by atoms with Gasteiger partial charge in [-0.2, -0.15) is 4.98 Å². The summed E-state index contributed by atoms with van der Waals surface area (Å²) in [5.41, 5.74) is 2.30. The molecular weight excluding hydrogens is 336 g/mol. The van der Waals surface area contributed by atoms with Crippen molar-refractivity contribution >= 4 is 11.6 Å². The lowest BCUT2D eigenvalue weighted by atomic mass is 10.1. The molecule has 0 fully saturated rings. The number of non-ortho nitro benzene ring substituents is 1. The number of rotatable bonds is 6. The van der Waals surface area contributed by atoms with Crippen molar-refractivity contribution in [2.75, 3.05) is 6.54 Å². The molecule has 0 bridgehead atoms. The van der Waals surface area contributed by atoms with Crippen molar-refractivity contribution in [3.8, 4) is 11.4 Å². The number of carbonyl (C=O) groups is 1. The van der Waals surface area contributed by atoms with Gasteiger partial charge in [0, 0.05) is 36.2 Å². The number of nitro benzene ring substituents is 1. The highest BCUT2D eigenvalue weighted by Gasteiger charge is 2.11. The Hall–Kier alpha value is -3.55. The predicted molar refractivity (Wildman–Crippen MR) is 93.6 cm³/mol. The quantitative estimate of drug-likeness (QED) is 0.539. The molecule has 8 heteroatoms. The van der Waals surface area contributed by atoms with Crippen LogP contribution in [0.15, 0.2) is 53.1 Å². The summed E-state index contributed by atoms with van der Waals surface area (Å²) in [6.45, 7) is 2.31. The van der Waals surface area contributed by atoms with Crippen molar-refractivity contribution < 1.29 is 14.2 Å². The molecule has 0 saturated carbocycles. The Labute approximate surface area is 149 Å². The van der Waals surface area contributed by atoms with E-state index in [0.29, 0.717) is 30.2 Å². The van der Waals surface area contributed by atoms with Crippen LogP contribution in [0.5, 0.6) is 0 Å². The minimum atomic E-state index is -0.511. The van der Waals surface area contributed by atoms with Gasteiger partial charge < -0.3 is 9.84 Å². The highest BCUT2D eigenvalue weighted by atomic mass is 16.6. The number of aromatic nitrogens is 2. The number of nitrogens with one attached hydrogen (secondary N) is 1. The zero-order chi connectivity index (χ0) is 18.5. The van der Waals surface area contributed by atoms with E-state index in [9.17, 15) is 14.9 Å². The third-order valence-electron chi connectivity index (χ3n) is 3.74. The Kier molecular flexibility index (Phi) is 5.02. The summed E-state index contributed by atoms with van der Waals surface area (Å²) in [7, 11) is 0. The first kappa shape index (κ1) is 17.3. The van der Waals surface area contributed by atoms with Crippen LogP contribution in [0.3, 0.4) is 0 Å². The third kappa shape index (κ3) is 4.10. The molecule has 132 valence electrons. The molecule has 0 aliphatic carbocycles. The molecule has 0 aliphatic heterocycles. The number of hydrogen-bond acceptors (Lipinski definition) is 6. The average Bonchev–Trinajstić information content (AvgIpc) is 3.11.